The standard InChI is InChI=1S/C11H8ClNO2S2/c12-8-3-1-2-7(4-8)9-5-16-11(13-9)17-6-10(14)15/h1-5H,6H2,(H,14,15). The van der Waals surface area contributed by atoms with E-state index >= 15 is 0 Å². The molecule has 1 aromatic carbocycles. The molecular formula is C11H8ClNO2S2. The van der Waals surface area contributed by atoms with Gasteiger partial charge in [0, 0.05) is 16.0 Å². The summed E-state index contributed by atoms with van der Waals surface area (Å²) >= 11 is 8.56. The van der Waals surface area contributed by atoms with Crippen molar-refractivity contribution in [1.82, 2.24) is 4.98 Å². The Bertz CT molecular complexity index is 542. The molecule has 0 saturated heterocycles. The van der Waals surface area contributed by atoms with Gasteiger partial charge in [0.05, 0.1) is 11.4 Å². The SMILES string of the molecule is O=C(O)CSc1nc(-c2cccc(Cl)c2)cs1. The van der Waals surface area contributed by atoms with Gasteiger partial charge in [0.15, 0.2) is 4.34 Å². The van der Waals surface area contributed by atoms with E-state index in [0.717, 1.165) is 15.6 Å². The van der Waals surface area contributed by atoms with Gasteiger partial charge in [-0.2, -0.15) is 0 Å². The van der Waals surface area contributed by atoms with Crippen LogP contribution in [0.3, 0.4) is 0 Å². The number of hydrogen-bond donors (Lipinski definition) is 1. The molecule has 17 heavy (non-hydrogen) atoms. The van der Waals surface area contributed by atoms with E-state index in [-0.39, 0.29) is 5.75 Å². The van der Waals surface area contributed by atoms with Crippen molar-refractivity contribution in [2.45, 2.75) is 4.34 Å². The number of aromatic nitrogens is 1. The quantitative estimate of drug-likeness (QED) is 0.872. The number of carbonyl (C=O) groups is 1. The lowest BCUT2D eigenvalue weighted by molar-refractivity contribution is -0.133. The fourth-order valence-electron chi connectivity index (χ4n) is 1.23. The zero-order chi connectivity index (χ0) is 12.3. The van der Waals surface area contributed by atoms with Crippen LogP contribution in [-0.2, 0) is 4.79 Å². The highest BCUT2D eigenvalue weighted by atomic mass is 35.5. The van der Waals surface area contributed by atoms with Crippen LogP contribution < -0.4 is 0 Å². The zero-order valence-electron chi connectivity index (χ0n) is 8.59. The molecule has 0 amide bonds. The first-order valence-electron chi connectivity index (χ1n) is 4.71. The Hall–Kier alpha value is -1.04. The Labute approximate surface area is 111 Å². The molecule has 0 fully saturated rings. The van der Waals surface area contributed by atoms with Crippen LogP contribution in [0.25, 0.3) is 11.3 Å². The van der Waals surface area contributed by atoms with Gasteiger partial charge in [0.1, 0.15) is 0 Å². The van der Waals surface area contributed by atoms with E-state index in [1.165, 1.54) is 23.1 Å². The molecule has 3 nitrogen and oxygen atoms in total. The van der Waals surface area contributed by atoms with Crippen molar-refractivity contribution in [2.75, 3.05) is 5.75 Å². The minimum Gasteiger partial charge on any atom is -0.481 e. The summed E-state index contributed by atoms with van der Waals surface area (Å²) in [6, 6.07) is 7.42. The zero-order valence-corrected chi connectivity index (χ0v) is 11.0. The maximum Gasteiger partial charge on any atom is 0.313 e. The Morgan fingerprint density at radius 2 is 2.35 bits per heavy atom. The van der Waals surface area contributed by atoms with Crippen LogP contribution in [-0.4, -0.2) is 21.8 Å². The Morgan fingerprint density at radius 3 is 3.06 bits per heavy atom. The number of carboxylic acid groups (broad SMARTS) is 1. The average Bonchev–Trinajstić information content (AvgIpc) is 2.75. The number of benzene rings is 1. The molecule has 0 radical (unpaired) electrons. The second-order valence-corrected chi connectivity index (χ2v) is 5.71. The van der Waals surface area contributed by atoms with Crippen LogP contribution >= 0.6 is 34.7 Å². The fourth-order valence-corrected chi connectivity index (χ4v) is 2.97. The van der Waals surface area contributed by atoms with Gasteiger partial charge >= 0.3 is 5.97 Å². The molecule has 1 aromatic heterocycles. The van der Waals surface area contributed by atoms with Crippen LogP contribution in [0.2, 0.25) is 5.02 Å². The molecule has 0 saturated carbocycles. The first kappa shape index (κ1) is 12.4. The second-order valence-electron chi connectivity index (χ2n) is 3.19. The predicted octanol–water partition coefficient (Wildman–Crippen LogP) is 3.64. The van der Waals surface area contributed by atoms with Crippen molar-refractivity contribution in [2.24, 2.45) is 0 Å². The lowest BCUT2D eigenvalue weighted by atomic mass is 10.2. The average molecular weight is 286 g/mol. The molecule has 0 spiro atoms. The third kappa shape index (κ3) is 3.46. The van der Waals surface area contributed by atoms with Crippen molar-refractivity contribution in [1.29, 1.82) is 0 Å². The van der Waals surface area contributed by atoms with Crippen LogP contribution in [0, 0.1) is 0 Å². The van der Waals surface area contributed by atoms with Crippen LogP contribution in [0.5, 0.6) is 0 Å². The number of carboxylic acids is 1. The first-order valence-corrected chi connectivity index (χ1v) is 6.95. The molecule has 6 heteroatoms. The van der Waals surface area contributed by atoms with Crippen LogP contribution in [0.1, 0.15) is 0 Å². The van der Waals surface area contributed by atoms with E-state index < -0.39 is 5.97 Å². The van der Waals surface area contributed by atoms with Gasteiger partial charge in [-0.25, -0.2) is 4.98 Å². The van der Waals surface area contributed by atoms with Crippen molar-refractivity contribution in [3.05, 3.63) is 34.7 Å². The van der Waals surface area contributed by atoms with Crippen LogP contribution in [0.15, 0.2) is 34.0 Å². The third-order valence-corrected chi connectivity index (χ3v) is 4.16. The van der Waals surface area contributed by atoms with Gasteiger partial charge in [0.2, 0.25) is 0 Å². The number of thioether (sulfide) groups is 1. The maximum atomic E-state index is 10.4. The smallest absolute Gasteiger partial charge is 0.313 e. The van der Waals surface area contributed by atoms with E-state index in [9.17, 15) is 4.79 Å². The predicted molar refractivity (Wildman–Crippen MR) is 70.9 cm³/mol. The summed E-state index contributed by atoms with van der Waals surface area (Å²) in [6.45, 7) is 0. The molecule has 0 unspecified atom stereocenters. The van der Waals surface area contributed by atoms with Gasteiger partial charge in [-0.3, -0.25) is 4.79 Å². The molecule has 88 valence electrons. The molecule has 2 rings (SSSR count). The van der Waals surface area contributed by atoms with Crippen molar-refractivity contribution in [3.8, 4) is 11.3 Å². The molecular weight excluding hydrogens is 278 g/mol. The second kappa shape index (κ2) is 5.53. The minimum absolute atomic E-state index is 0.0303. The largest absolute Gasteiger partial charge is 0.481 e. The van der Waals surface area contributed by atoms with E-state index in [2.05, 4.69) is 4.98 Å². The van der Waals surface area contributed by atoms with Gasteiger partial charge in [-0.1, -0.05) is 35.5 Å². The number of rotatable bonds is 4. The summed E-state index contributed by atoms with van der Waals surface area (Å²) < 4.78 is 0.752. The highest BCUT2D eigenvalue weighted by Gasteiger charge is 2.07. The fraction of sp³-hybridized carbons (Fsp3) is 0.0909. The number of halogens is 1. The number of thiazole rings is 1. The summed E-state index contributed by atoms with van der Waals surface area (Å²) in [5, 5.41) is 11.1. The van der Waals surface area contributed by atoms with Gasteiger partial charge in [0.25, 0.3) is 0 Å². The Morgan fingerprint density at radius 1 is 1.53 bits per heavy atom. The van der Waals surface area contributed by atoms with Gasteiger partial charge in [-0.15, -0.1) is 11.3 Å². The normalized spacial score (nSPS) is 10.4. The highest BCUT2D eigenvalue weighted by molar-refractivity contribution is 8.01. The summed E-state index contributed by atoms with van der Waals surface area (Å²) in [6.07, 6.45) is 0. The molecule has 0 atom stereocenters. The summed E-state index contributed by atoms with van der Waals surface area (Å²) in [7, 11) is 0. The van der Waals surface area contributed by atoms with Crippen molar-refractivity contribution >= 4 is 40.7 Å². The topological polar surface area (TPSA) is 50.2 Å². The summed E-state index contributed by atoms with van der Waals surface area (Å²) in [4.78, 5) is 14.8. The van der Waals surface area contributed by atoms with Crippen LogP contribution in [0.4, 0.5) is 0 Å². The van der Waals surface area contributed by atoms with E-state index in [0.29, 0.717) is 5.02 Å². The third-order valence-electron chi connectivity index (χ3n) is 1.92. The van der Waals surface area contributed by atoms with Crippen molar-refractivity contribution in [3.63, 3.8) is 0 Å². The number of nitrogens with zero attached hydrogens (tertiary/aromatic N) is 1. The van der Waals surface area contributed by atoms with E-state index in [1.807, 2.05) is 23.6 Å². The summed E-state index contributed by atoms with van der Waals surface area (Å²) in [5.41, 5.74) is 1.77. The number of aliphatic carboxylic acids is 1. The monoisotopic (exact) mass is 285 g/mol. The molecule has 0 bridgehead atoms. The molecule has 0 aliphatic carbocycles. The van der Waals surface area contributed by atoms with Gasteiger partial charge < -0.3 is 5.11 Å². The Balaban J connectivity index is 2.15. The van der Waals surface area contributed by atoms with E-state index in [1.54, 1.807) is 6.07 Å². The Kier molecular flexibility index (Phi) is 4.04. The number of hydrogen-bond acceptors (Lipinski definition) is 4. The minimum atomic E-state index is -0.838. The van der Waals surface area contributed by atoms with Gasteiger partial charge in [-0.05, 0) is 12.1 Å². The lowest BCUT2D eigenvalue weighted by Crippen LogP contribution is -1.96. The highest BCUT2D eigenvalue weighted by Crippen LogP contribution is 2.29. The molecule has 0 aliphatic heterocycles. The summed E-state index contributed by atoms with van der Waals surface area (Å²) in [5.74, 6) is -0.808. The molecule has 2 aromatic rings. The van der Waals surface area contributed by atoms with E-state index in [4.69, 9.17) is 16.7 Å². The maximum absolute atomic E-state index is 10.4. The first-order chi connectivity index (χ1) is 8.15. The molecule has 0 aliphatic rings. The molecule has 1 heterocycles. The molecule has 1 N–H and O–H groups in total. The van der Waals surface area contributed by atoms with Crippen molar-refractivity contribution < 1.29 is 9.90 Å². The lowest BCUT2D eigenvalue weighted by Gasteiger charge is -1.96.